The third-order valence-electron chi connectivity index (χ3n) is 2.98. The van der Waals surface area contributed by atoms with E-state index in [4.69, 9.17) is 0 Å². The van der Waals surface area contributed by atoms with Gasteiger partial charge in [0.15, 0.2) is 0 Å². The normalized spacial score (nSPS) is 11.4. The Hall–Kier alpha value is -2.31. The highest BCUT2D eigenvalue weighted by molar-refractivity contribution is 5.93. The number of amides is 1. The molecule has 0 spiro atoms. The summed E-state index contributed by atoms with van der Waals surface area (Å²) in [4.78, 5) is 11.9. The second kappa shape index (κ2) is 5.99. The molecule has 21 heavy (non-hydrogen) atoms. The molecule has 2 rings (SSSR count). The Morgan fingerprint density at radius 1 is 1.33 bits per heavy atom. The monoisotopic (exact) mass is 297 g/mol. The molecule has 0 saturated carbocycles. The minimum absolute atomic E-state index is 0.0289. The summed E-state index contributed by atoms with van der Waals surface area (Å²) in [7, 11) is 0. The molecule has 2 aromatic rings. The molecule has 0 saturated heterocycles. The first-order valence-corrected chi connectivity index (χ1v) is 6.37. The first-order chi connectivity index (χ1) is 9.91. The van der Waals surface area contributed by atoms with Gasteiger partial charge in [-0.25, -0.2) is 0 Å². The minimum Gasteiger partial charge on any atom is -0.348 e. The lowest BCUT2D eigenvalue weighted by Crippen LogP contribution is -2.24. The number of alkyl halides is 3. The molecule has 0 bridgehead atoms. The average molecular weight is 297 g/mol. The first kappa shape index (κ1) is 15.1. The Labute approximate surface area is 119 Å². The fraction of sp³-hybridized carbons (Fsp3) is 0.286. The maximum atomic E-state index is 12.8. The van der Waals surface area contributed by atoms with Gasteiger partial charge in [-0.05, 0) is 18.6 Å². The Morgan fingerprint density at radius 3 is 2.67 bits per heavy atom. The highest BCUT2D eigenvalue weighted by Crippen LogP contribution is 2.31. The van der Waals surface area contributed by atoms with Crippen LogP contribution >= 0.6 is 0 Å². The van der Waals surface area contributed by atoms with Crippen molar-refractivity contribution in [2.75, 3.05) is 0 Å². The van der Waals surface area contributed by atoms with E-state index in [1.807, 2.05) is 6.92 Å². The van der Waals surface area contributed by atoms with Crippen LogP contribution in [0, 0.1) is 0 Å². The first-order valence-electron chi connectivity index (χ1n) is 6.37. The lowest BCUT2D eigenvalue weighted by molar-refractivity contribution is -0.138. The summed E-state index contributed by atoms with van der Waals surface area (Å²) in [6.07, 6.45) is -1.51. The van der Waals surface area contributed by atoms with Crippen molar-refractivity contribution in [2.24, 2.45) is 0 Å². The number of benzene rings is 1. The molecule has 0 fully saturated rings. The van der Waals surface area contributed by atoms with Crippen molar-refractivity contribution in [1.82, 2.24) is 15.1 Å². The predicted molar refractivity (Wildman–Crippen MR) is 70.5 cm³/mol. The molecule has 0 aliphatic rings. The molecule has 1 N–H and O–H groups in total. The van der Waals surface area contributed by atoms with E-state index >= 15 is 0 Å². The van der Waals surface area contributed by atoms with Crippen molar-refractivity contribution in [1.29, 1.82) is 0 Å². The van der Waals surface area contributed by atoms with Gasteiger partial charge in [0.1, 0.15) is 0 Å². The molecule has 1 amide bonds. The van der Waals surface area contributed by atoms with Gasteiger partial charge in [0.2, 0.25) is 0 Å². The van der Waals surface area contributed by atoms with Crippen LogP contribution in [0.1, 0.15) is 28.4 Å². The smallest absolute Gasteiger partial charge is 0.348 e. The van der Waals surface area contributed by atoms with Gasteiger partial charge >= 0.3 is 6.18 Å². The number of carbonyl (C=O) groups is 1. The van der Waals surface area contributed by atoms with Gasteiger partial charge in [0.05, 0.1) is 17.3 Å². The summed E-state index contributed by atoms with van der Waals surface area (Å²) < 4.78 is 40.0. The number of nitrogens with zero attached hydrogens (tertiary/aromatic N) is 2. The molecular weight excluding hydrogens is 283 g/mol. The number of halogens is 3. The predicted octanol–water partition coefficient (Wildman–Crippen LogP) is 2.85. The maximum absolute atomic E-state index is 12.8. The van der Waals surface area contributed by atoms with E-state index < -0.39 is 17.6 Å². The molecule has 0 atom stereocenters. The van der Waals surface area contributed by atoms with Crippen molar-refractivity contribution in [3.05, 3.63) is 53.3 Å². The van der Waals surface area contributed by atoms with E-state index in [-0.39, 0.29) is 12.1 Å². The lowest BCUT2D eigenvalue weighted by Gasteiger charge is -2.12. The quantitative estimate of drug-likeness (QED) is 0.943. The van der Waals surface area contributed by atoms with Gasteiger partial charge in [-0.15, -0.1) is 0 Å². The van der Waals surface area contributed by atoms with Gasteiger partial charge in [0, 0.05) is 19.3 Å². The second-order valence-electron chi connectivity index (χ2n) is 4.42. The summed E-state index contributed by atoms with van der Waals surface area (Å²) in [5, 5.41) is 6.42. The fourth-order valence-electron chi connectivity index (χ4n) is 1.88. The van der Waals surface area contributed by atoms with Gasteiger partial charge in [-0.1, -0.05) is 18.2 Å². The Kier molecular flexibility index (Phi) is 4.30. The fourth-order valence-corrected chi connectivity index (χ4v) is 1.88. The topological polar surface area (TPSA) is 46.9 Å². The zero-order chi connectivity index (χ0) is 15.5. The molecule has 0 unspecified atom stereocenters. The van der Waals surface area contributed by atoms with E-state index in [2.05, 4.69) is 10.4 Å². The average Bonchev–Trinajstić information content (AvgIpc) is 2.93. The van der Waals surface area contributed by atoms with E-state index in [0.29, 0.717) is 12.1 Å². The van der Waals surface area contributed by atoms with Crippen LogP contribution in [-0.4, -0.2) is 15.7 Å². The molecule has 1 aromatic heterocycles. The molecule has 1 heterocycles. The van der Waals surface area contributed by atoms with Crippen LogP contribution in [0.15, 0.2) is 36.7 Å². The molecule has 0 radical (unpaired) electrons. The SMILES string of the molecule is CCn1cc(C(=O)NCc2ccccc2C(F)(F)F)cn1. The van der Waals surface area contributed by atoms with Crippen LogP contribution in [0.25, 0.3) is 0 Å². The second-order valence-corrected chi connectivity index (χ2v) is 4.42. The number of rotatable bonds is 4. The highest BCUT2D eigenvalue weighted by Gasteiger charge is 2.32. The van der Waals surface area contributed by atoms with Crippen molar-refractivity contribution in [3.63, 3.8) is 0 Å². The van der Waals surface area contributed by atoms with Crippen LogP contribution in [0.2, 0.25) is 0 Å². The van der Waals surface area contributed by atoms with E-state index in [0.717, 1.165) is 6.07 Å². The van der Waals surface area contributed by atoms with Crippen molar-refractivity contribution >= 4 is 5.91 Å². The standard InChI is InChI=1S/C14H14F3N3O/c1-2-20-9-11(8-19-20)13(21)18-7-10-5-3-4-6-12(10)14(15,16)17/h3-6,8-9H,2,7H2,1H3,(H,18,21). The van der Waals surface area contributed by atoms with E-state index in [1.165, 1.54) is 24.4 Å². The largest absolute Gasteiger partial charge is 0.416 e. The zero-order valence-electron chi connectivity index (χ0n) is 11.3. The molecule has 0 aliphatic carbocycles. The summed E-state index contributed by atoms with van der Waals surface area (Å²) in [6.45, 7) is 2.30. The molecule has 4 nitrogen and oxygen atoms in total. The maximum Gasteiger partial charge on any atom is 0.416 e. The summed E-state index contributed by atoms with van der Waals surface area (Å²) >= 11 is 0. The number of aromatic nitrogens is 2. The van der Waals surface area contributed by atoms with Gasteiger partial charge < -0.3 is 5.32 Å². The number of hydrogen-bond donors (Lipinski definition) is 1. The minimum atomic E-state index is -4.44. The Morgan fingerprint density at radius 2 is 2.05 bits per heavy atom. The van der Waals surface area contributed by atoms with Crippen LogP contribution in [0.5, 0.6) is 0 Å². The number of nitrogens with one attached hydrogen (secondary N) is 1. The third kappa shape index (κ3) is 3.62. The molecule has 7 heteroatoms. The summed E-state index contributed by atoms with van der Waals surface area (Å²) in [5.74, 6) is -0.452. The summed E-state index contributed by atoms with van der Waals surface area (Å²) in [5.41, 5.74) is -0.392. The van der Waals surface area contributed by atoms with Crippen LogP contribution in [0.3, 0.4) is 0 Å². The van der Waals surface area contributed by atoms with E-state index in [1.54, 1.807) is 10.9 Å². The van der Waals surface area contributed by atoms with Gasteiger partial charge in [-0.2, -0.15) is 18.3 Å². The number of hydrogen-bond acceptors (Lipinski definition) is 2. The Balaban J connectivity index is 2.08. The number of carbonyl (C=O) groups excluding carboxylic acids is 1. The molecule has 1 aromatic carbocycles. The Bertz CT molecular complexity index is 634. The van der Waals surface area contributed by atoms with Crippen LogP contribution in [0.4, 0.5) is 13.2 Å². The van der Waals surface area contributed by atoms with Crippen molar-refractivity contribution in [3.8, 4) is 0 Å². The summed E-state index contributed by atoms with van der Waals surface area (Å²) in [6, 6.07) is 5.17. The lowest BCUT2D eigenvalue weighted by atomic mass is 10.1. The van der Waals surface area contributed by atoms with Crippen molar-refractivity contribution < 1.29 is 18.0 Å². The van der Waals surface area contributed by atoms with Crippen LogP contribution < -0.4 is 5.32 Å². The zero-order valence-corrected chi connectivity index (χ0v) is 11.3. The highest BCUT2D eigenvalue weighted by atomic mass is 19.4. The van der Waals surface area contributed by atoms with E-state index in [9.17, 15) is 18.0 Å². The molecule has 0 aliphatic heterocycles. The molecule has 112 valence electrons. The number of aryl methyl sites for hydroxylation is 1. The third-order valence-corrected chi connectivity index (χ3v) is 2.98. The molecular formula is C14H14F3N3O. The van der Waals surface area contributed by atoms with Gasteiger partial charge in [0.25, 0.3) is 5.91 Å². The van der Waals surface area contributed by atoms with Crippen molar-refractivity contribution in [2.45, 2.75) is 26.2 Å². The van der Waals surface area contributed by atoms with Crippen LogP contribution in [-0.2, 0) is 19.3 Å². The van der Waals surface area contributed by atoms with Gasteiger partial charge in [-0.3, -0.25) is 9.48 Å².